The Morgan fingerprint density at radius 3 is 2.26 bits per heavy atom. The summed E-state index contributed by atoms with van der Waals surface area (Å²) in [5, 5.41) is 0. The number of rotatable bonds is 3. The lowest BCUT2D eigenvalue weighted by atomic mass is 9.81. The molecule has 0 amide bonds. The van der Waals surface area contributed by atoms with E-state index in [2.05, 4.69) is 9.64 Å². The Hall–Kier alpha value is -1.60. The van der Waals surface area contributed by atoms with Crippen LogP contribution in [-0.4, -0.2) is 49.4 Å². The van der Waals surface area contributed by atoms with Gasteiger partial charge in [-0.15, -0.1) is 13.2 Å². The molecule has 0 N–H and O–H groups in total. The lowest BCUT2D eigenvalue weighted by Gasteiger charge is -2.46. The predicted molar refractivity (Wildman–Crippen MR) is 76.3 cm³/mol. The van der Waals surface area contributed by atoms with Crippen molar-refractivity contribution in [2.75, 3.05) is 20.3 Å². The van der Waals surface area contributed by atoms with Crippen molar-refractivity contribution in [3.8, 4) is 5.75 Å². The molecule has 2 aliphatic heterocycles. The van der Waals surface area contributed by atoms with Gasteiger partial charge in [0.2, 0.25) is 0 Å². The Morgan fingerprint density at radius 1 is 1.17 bits per heavy atom. The Bertz CT molecular complexity index is 559. The summed E-state index contributed by atoms with van der Waals surface area (Å²) in [5.41, 5.74) is 0.424. The molecule has 2 saturated heterocycles. The van der Waals surface area contributed by atoms with Crippen molar-refractivity contribution in [1.29, 1.82) is 0 Å². The molecular formula is C16H18F3NO3. The summed E-state index contributed by atoms with van der Waals surface area (Å²) >= 11 is 0. The number of fused-ring (bicyclic) bond motifs is 2. The van der Waals surface area contributed by atoms with Crippen LogP contribution in [0.1, 0.15) is 23.2 Å². The fourth-order valence-corrected chi connectivity index (χ4v) is 3.37. The highest BCUT2D eigenvalue weighted by atomic mass is 19.4. The van der Waals surface area contributed by atoms with E-state index in [4.69, 9.17) is 4.74 Å². The van der Waals surface area contributed by atoms with Gasteiger partial charge in [0.05, 0.1) is 13.2 Å². The molecule has 2 atom stereocenters. The summed E-state index contributed by atoms with van der Waals surface area (Å²) in [6, 6.07) is 5.61. The number of nitrogens with zero attached hydrogens (tertiary/aromatic N) is 1. The number of carbonyl (C=O) groups excluding carboxylic acids is 1. The zero-order valence-electron chi connectivity index (χ0n) is 12.7. The number of Topliss-reactive ketones (excluding diaryl/α,β-unsaturated/α-hetero) is 1. The normalized spacial score (nSPS) is 28.4. The van der Waals surface area contributed by atoms with Crippen molar-refractivity contribution in [2.45, 2.75) is 31.3 Å². The monoisotopic (exact) mass is 329 g/mol. The molecule has 2 aliphatic rings. The van der Waals surface area contributed by atoms with Crippen LogP contribution in [0, 0.1) is 5.92 Å². The molecule has 0 aliphatic carbocycles. The van der Waals surface area contributed by atoms with E-state index in [1.165, 1.54) is 24.3 Å². The summed E-state index contributed by atoms with van der Waals surface area (Å²) in [5.74, 6) is -0.448. The smallest absolute Gasteiger partial charge is 0.406 e. The van der Waals surface area contributed by atoms with Crippen molar-refractivity contribution in [3.63, 3.8) is 0 Å². The second-order valence-electron chi connectivity index (χ2n) is 6.12. The Kier molecular flexibility index (Phi) is 4.33. The number of hydrogen-bond donors (Lipinski definition) is 0. The van der Waals surface area contributed by atoms with E-state index in [0.717, 1.165) is 0 Å². The van der Waals surface area contributed by atoms with Gasteiger partial charge in [0.15, 0.2) is 5.78 Å². The zero-order valence-corrected chi connectivity index (χ0v) is 12.7. The number of benzene rings is 1. The molecule has 2 bridgehead atoms. The third-order valence-electron chi connectivity index (χ3n) is 4.63. The molecule has 126 valence electrons. The summed E-state index contributed by atoms with van der Waals surface area (Å²) < 4.78 is 45.8. The zero-order chi connectivity index (χ0) is 16.6. The van der Waals surface area contributed by atoms with Gasteiger partial charge in [0, 0.05) is 23.6 Å². The van der Waals surface area contributed by atoms with E-state index in [-0.39, 0.29) is 29.5 Å². The van der Waals surface area contributed by atoms with Gasteiger partial charge < -0.3 is 9.47 Å². The standard InChI is InChI=1S/C16H18F3NO3/c1-20-12-6-11(7-13(20)9-22-8-12)15(21)10-2-4-14(5-3-10)23-16(17,18)19/h2-5,11-13H,6-9H2,1H3. The van der Waals surface area contributed by atoms with Crippen molar-refractivity contribution in [3.05, 3.63) is 29.8 Å². The van der Waals surface area contributed by atoms with Gasteiger partial charge in [-0.25, -0.2) is 0 Å². The molecule has 3 rings (SSSR count). The van der Waals surface area contributed by atoms with Gasteiger partial charge in [-0.05, 0) is 44.2 Å². The molecule has 0 saturated carbocycles. The Balaban J connectivity index is 1.68. The number of likely N-dealkylation sites (N-methyl/N-ethyl adjacent to an activating group) is 1. The third-order valence-corrected chi connectivity index (χ3v) is 4.63. The highest BCUT2D eigenvalue weighted by Crippen LogP contribution is 2.33. The maximum absolute atomic E-state index is 12.6. The fraction of sp³-hybridized carbons (Fsp3) is 0.562. The van der Waals surface area contributed by atoms with Crippen LogP contribution in [0.25, 0.3) is 0 Å². The van der Waals surface area contributed by atoms with E-state index >= 15 is 0 Å². The average molecular weight is 329 g/mol. The summed E-state index contributed by atoms with van der Waals surface area (Å²) in [6.07, 6.45) is -3.30. The van der Waals surface area contributed by atoms with E-state index in [1.54, 1.807) is 0 Å². The topological polar surface area (TPSA) is 38.8 Å². The van der Waals surface area contributed by atoms with Gasteiger partial charge in [0.25, 0.3) is 0 Å². The number of piperidine rings is 1. The summed E-state index contributed by atoms with van der Waals surface area (Å²) in [4.78, 5) is 14.9. The minimum absolute atomic E-state index is 0.0199. The van der Waals surface area contributed by atoms with Crippen LogP contribution < -0.4 is 4.74 Å². The van der Waals surface area contributed by atoms with Crippen molar-refractivity contribution in [2.24, 2.45) is 5.92 Å². The molecule has 1 aromatic rings. The van der Waals surface area contributed by atoms with Crippen LogP contribution in [0.3, 0.4) is 0 Å². The van der Waals surface area contributed by atoms with E-state index < -0.39 is 6.36 Å². The maximum Gasteiger partial charge on any atom is 0.573 e. The maximum atomic E-state index is 12.6. The number of alkyl halides is 3. The largest absolute Gasteiger partial charge is 0.573 e. The van der Waals surface area contributed by atoms with Crippen LogP contribution >= 0.6 is 0 Å². The molecule has 7 heteroatoms. The van der Waals surface area contributed by atoms with Crippen LogP contribution in [0.15, 0.2) is 24.3 Å². The first-order valence-corrected chi connectivity index (χ1v) is 7.53. The van der Waals surface area contributed by atoms with Crippen molar-refractivity contribution < 1.29 is 27.4 Å². The molecule has 0 spiro atoms. The third kappa shape index (κ3) is 3.67. The Labute approximate surface area is 132 Å². The van der Waals surface area contributed by atoms with Crippen LogP contribution in [0.5, 0.6) is 5.75 Å². The molecule has 4 nitrogen and oxygen atoms in total. The lowest BCUT2D eigenvalue weighted by molar-refractivity contribution is -0.274. The first-order chi connectivity index (χ1) is 10.8. The minimum atomic E-state index is -4.73. The van der Waals surface area contributed by atoms with Gasteiger partial charge in [-0.1, -0.05) is 0 Å². The average Bonchev–Trinajstić information content (AvgIpc) is 2.45. The molecular weight excluding hydrogens is 311 g/mol. The number of morpholine rings is 1. The van der Waals surface area contributed by atoms with Gasteiger partial charge in [0.1, 0.15) is 5.75 Å². The second kappa shape index (κ2) is 6.13. The van der Waals surface area contributed by atoms with Crippen LogP contribution in [0.2, 0.25) is 0 Å². The molecule has 2 fully saturated rings. The van der Waals surface area contributed by atoms with E-state index in [9.17, 15) is 18.0 Å². The van der Waals surface area contributed by atoms with Gasteiger partial charge >= 0.3 is 6.36 Å². The molecule has 23 heavy (non-hydrogen) atoms. The Morgan fingerprint density at radius 2 is 1.74 bits per heavy atom. The quantitative estimate of drug-likeness (QED) is 0.800. The minimum Gasteiger partial charge on any atom is -0.406 e. The van der Waals surface area contributed by atoms with Crippen LogP contribution in [0.4, 0.5) is 13.2 Å². The number of ether oxygens (including phenoxy) is 2. The lowest BCUT2D eigenvalue weighted by Crippen LogP contribution is -2.55. The number of halogens is 3. The highest BCUT2D eigenvalue weighted by Gasteiger charge is 2.39. The first-order valence-electron chi connectivity index (χ1n) is 7.53. The van der Waals surface area contributed by atoms with Crippen molar-refractivity contribution >= 4 is 5.78 Å². The summed E-state index contributed by atoms with van der Waals surface area (Å²) in [7, 11) is 2.04. The van der Waals surface area contributed by atoms with Crippen molar-refractivity contribution in [1.82, 2.24) is 4.90 Å². The molecule has 1 aromatic carbocycles. The molecule has 2 unspecified atom stereocenters. The second-order valence-corrected chi connectivity index (χ2v) is 6.12. The SMILES string of the molecule is CN1C2COCC1CC(C(=O)c1ccc(OC(F)(F)F)cc1)C2. The fourth-order valence-electron chi connectivity index (χ4n) is 3.37. The predicted octanol–water partition coefficient (Wildman–Crippen LogP) is 2.88. The first kappa shape index (κ1) is 16.3. The van der Waals surface area contributed by atoms with E-state index in [0.29, 0.717) is 31.6 Å². The molecule has 2 heterocycles. The number of ketones is 1. The molecule has 0 aromatic heterocycles. The van der Waals surface area contributed by atoms with Gasteiger partial charge in [-0.3, -0.25) is 9.69 Å². The van der Waals surface area contributed by atoms with E-state index in [1.807, 2.05) is 7.05 Å². The highest BCUT2D eigenvalue weighted by molar-refractivity contribution is 5.98. The molecule has 0 radical (unpaired) electrons. The number of carbonyl (C=O) groups is 1. The summed E-state index contributed by atoms with van der Waals surface area (Å²) in [6.45, 7) is 1.24. The van der Waals surface area contributed by atoms with Crippen LogP contribution in [-0.2, 0) is 4.74 Å². The van der Waals surface area contributed by atoms with Gasteiger partial charge in [-0.2, -0.15) is 0 Å². The number of hydrogen-bond acceptors (Lipinski definition) is 4.